The number of pyridine rings is 1. The van der Waals surface area contributed by atoms with E-state index in [1.807, 2.05) is 6.07 Å². The Kier molecular flexibility index (Phi) is 3.34. The van der Waals surface area contributed by atoms with Gasteiger partial charge in [-0.05, 0) is 5.56 Å². The Morgan fingerprint density at radius 3 is 2.82 bits per heavy atom. The number of nitrogen functional groups attached to an aromatic ring is 1. The van der Waals surface area contributed by atoms with E-state index in [2.05, 4.69) is 20.3 Å². The fraction of sp³-hybridized carbons (Fsp3) is 0.182. The van der Waals surface area contributed by atoms with Gasteiger partial charge in [0.25, 0.3) is 0 Å². The number of nitrogens with two attached hydrogens (primary N) is 1. The smallest absolute Gasteiger partial charge is 0.212 e. The molecule has 17 heavy (non-hydrogen) atoms. The van der Waals surface area contributed by atoms with Crippen molar-refractivity contribution < 1.29 is 4.74 Å². The number of ether oxygens (including phenoxy) is 1. The zero-order valence-electron chi connectivity index (χ0n) is 9.42. The maximum atomic E-state index is 5.71. The second-order valence-electron chi connectivity index (χ2n) is 3.39. The minimum Gasteiger partial charge on any atom is -0.481 e. The minimum absolute atomic E-state index is 0.522. The highest BCUT2D eigenvalue weighted by atomic mass is 16.5. The Hall–Kier alpha value is -2.37. The lowest BCUT2D eigenvalue weighted by Crippen LogP contribution is -2.05. The summed E-state index contributed by atoms with van der Waals surface area (Å²) in [5.41, 5.74) is 7.25. The van der Waals surface area contributed by atoms with Crippen molar-refractivity contribution in [2.75, 3.05) is 18.2 Å². The molecule has 2 rings (SSSR count). The van der Waals surface area contributed by atoms with Gasteiger partial charge in [-0.3, -0.25) is 0 Å². The Bertz CT molecular complexity index is 485. The van der Waals surface area contributed by atoms with E-state index in [0.717, 1.165) is 5.56 Å². The summed E-state index contributed by atoms with van der Waals surface area (Å²) in [6.45, 7) is 0.595. The van der Waals surface area contributed by atoms with Crippen molar-refractivity contribution >= 4 is 11.5 Å². The van der Waals surface area contributed by atoms with Crippen LogP contribution >= 0.6 is 0 Å². The average Bonchev–Trinajstić information content (AvgIpc) is 2.38. The van der Waals surface area contributed by atoms with Crippen molar-refractivity contribution in [2.45, 2.75) is 6.54 Å². The maximum absolute atomic E-state index is 5.71. The quantitative estimate of drug-likeness (QED) is 0.818. The second-order valence-corrected chi connectivity index (χ2v) is 3.39. The highest BCUT2D eigenvalue weighted by Crippen LogP contribution is 2.13. The van der Waals surface area contributed by atoms with Gasteiger partial charge in [-0.2, -0.15) is 0 Å². The van der Waals surface area contributed by atoms with Gasteiger partial charge in [-0.15, -0.1) is 0 Å². The number of aromatic nitrogens is 3. The van der Waals surface area contributed by atoms with Crippen LogP contribution in [-0.2, 0) is 6.54 Å². The zero-order valence-corrected chi connectivity index (χ0v) is 9.42. The molecule has 0 spiro atoms. The third kappa shape index (κ3) is 2.81. The molecule has 0 saturated heterocycles. The Labute approximate surface area is 98.9 Å². The average molecular weight is 231 g/mol. The fourth-order valence-corrected chi connectivity index (χ4v) is 1.31. The number of hydrogen-bond acceptors (Lipinski definition) is 6. The molecular weight excluding hydrogens is 218 g/mol. The van der Waals surface area contributed by atoms with E-state index in [0.29, 0.717) is 23.9 Å². The predicted molar refractivity (Wildman–Crippen MR) is 64.6 cm³/mol. The summed E-state index contributed by atoms with van der Waals surface area (Å²) in [6, 6.07) is 3.73. The number of nitrogens with one attached hydrogen (secondary N) is 1. The van der Waals surface area contributed by atoms with Crippen molar-refractivity contribution in [3.63, 3.8) is 0 Å². The summed E-state index contributed by atoms with van der Waals surface area (Å²) in [6.07, 6.45) is 4.75. The predicted octanol–water partition coefficient (Wildman–Crippen LogP) is 1.07. The first-order chi connectivity index (χ1) is 8.29. The molecule has 0 aliphatic rings. The molecule has 2 heterocycles. The third-order valence-corrected chi connectivity index (χ3v) is 2.21. The van der Waals surface area contributed by atoms with Gasteiger partial charge in [0.2, 0.25) is 5.88 Å². The molecule has 6 nitrogen and oxygen atoms in total. The lowest BCUT2D eigenvalue weighted by atomic mass is 10.3. The number of hydrogen-bond donors (Lipinski definition) is 2. The van der Waals surface area contributed by atoms with Gasteiger partial charge in [0, 0.05) is 18.8 Å². The number of rotatable bonds is 4. The van der Waals surface area contributed by atoms with Crippen LogP contribution < -0.4 is 15.8 Å². The van der Waals surface area contributed by atoms with Crippen molar-refractivity contribution in [1.29, 1.82) is 0 Å². The molecular formula is C11H13N5O. The standard InChI is InChI=1S/C11H13N5O/c1-17-10-3-2-8(4-14-10)5-15-11-9(12)6-13-7-16-11/h2-4,6-7H,5,12H2,1H3,(H,13,15,16). The molecule has 0 aliphatic carbocycles. The summed E-state index contributed by atoms with van der Waals surface area (Å²) in [4.78, 5) is 12.0. The lowest BCUT2D eigenvalue weighted by molar-refractivity contribution is 0.397. The summed E-state index contributed by atoms with van der Waals surface area (Å²) in [5.74, 6) is 1.21. The van der Waals surface area contributed by atoms with Gasteiger partial charge in [-0.25, -0.2) is 15.0 Å². The molecule has 0 radical (unpaired) electrons. The van der Waals surface area contributed by atoms with E-state index in [4.69, 9.17) is 10.5 Å². The molecule has 2 aromatic rings. The Morgan fingerprint density at radius 2 is 2.18 bits per heavy atom. The van der Waals surface area contributed by atoms with E-state index < -0.39 is 0 Å². The molecule has 6 heteroatoms. The van der Waals surface area contributed by atoms with Crippen LogP contribution in [0.1, 0.15) is 5.56 Å². The van der Waals surface area contributed by atoms with Gasteiger partial charge < -0.3 is 15.8 Å². The molecule has 2 aromatic heterocycles. The molecule has 0 amide bonds. The van der Waals surface area contributed by atoms with Gasteiger partial charge in [0.15, 0.2) is 5.82 Å². The molecule has 0 bridgehead atoms. The summed E-state index contributed by atoms with van der Waals surface area (Å²) < 4.78 is 4.98. The van der Waals surface area contributed by atoms with E-state index in [1.54, 1.807) is 25.6 Å². The topological polar surface area (TPSA) is 86.0 Å². The molecule has 0 saturated carbocycles. The van der Waals surface area contributed by atoms with Crippen LogP contribution in [0.15, 0.2) is 30.9 Å². The van der Waals surface area contributed by atoms with Crippen LogP contribution in [0.3, 0.4) is 0 Å². The van der Waals surface area contributed by atoms with E-state index in [9.17, 15) is 0 Å². The normalized spacial score (nSPS) is 9.94. The number of anilines is 2. The van der Waals surface area contributed by atoms with Crippen LogP contribution in [0.25, 0.3) is 0 Å². The highest BCUT2D eigenvalue weighted by molar-refractivity contribution is 5.58. The largest absolute Gasteiger partial charge is 0.481 e. The van der Waals surface area contributed by atoms with Crippen molar-refractivity contribution in [2.24, 2.45) is 0 Å². The molecule has 0 atom stereocenters. The molecule has 0 fully saturated rings. The third-order valence-electron chi connectivity index (χ3n) is 2.21. The van der Waals surface area contributed by atoms with Crippen molar-refractivity contribution in [3.05, 3.63) is 36.4 Å². The highest BCUT2D eigenvalue weighted by Gasteiger charge is 2.00. The molecule has 88 valence electrons. The summed E-state index contributed by atoms with van der Waals surface area (Å²) >= 11 is 0. The number of nitrogens with zero attached hydrogens (tertiary/aromatic N) is 3. The van der Waals surface area contributed by atoms with Gasteiger partial charge in [0.05, 0.1) is 19.0 Å². The Morgan fingerprint density at radius 1 is 1.29 bits per heavy atom. The molecule has 0 unspecified atom stereocenters. The Balaban J connectivity index is 2.00. The monoisotopic (exact) mass is 231 g/mol. The summed E-state index contributed by atoms with van der Waals surface area (Å²) in [7, 11) is 1.59. The van der Waals surface area contributed by atoms with E-state index in [-0.39, 0.29) is 0 Å². The first-order valence-corrected chi connectivity index (χ1v) is 5.08. The molecule has 0 aliphatic heterocycles. The van der Waals surface area contributed by atoms with E-state index >= 15 is 0 Å². The minimum atomic E-state index is 0.522. The first kappa shape index (κ1) is 11.1. The van der Waals surface area contributed by atoms with E-state index in [1.165, 1.54) is 6.33 Å². The maximum Gasteiger partial charge on any atom is 0.212 e. The fourth-order valence-electron chi connectivity index (χ4n) is 1.31. The van der Waals surface area contributed by atoms with Crippen molar-refractivity contribution in [1.82, 2.24) is 15.0 Å². The van der Waals surface area contributed by atoms with Crippen LogP contribution in [0.5, 0.6) is 5.88 Å². The van der Waals surface area contributed by atoms with Crippen molar-refractivity contribution in [3.8, 4) is 5.88 Å². The molecule has 0 aromatic carbocycles. The molecule has 3 N–H and O–H groups in total. The van der Waals surface area contributed by atoms with Crippen LogP contribution in [0.2, 0.25) is 0 Å². The lowest BCUT2D eigenvalue weighted by Gasteiger charge is -2.07. The number of methoxy groups -OCH3 is 1. The van der Waals surface area contributed by atoms with Gasteiger partial charge in [-0.1, -0.05) is 6.07 Å². The second kappa shape index (κ2) is 5.11. The van der Waals surface area contributed by atoms with Crippen LogP contribution in [0.4, 0.5) is 11.5 Å². The zero-order chi connectivity index (χ0) is 12.1. The van der Waals surface area contributed by atoms with Gasteiger partial charge >= 0.3 is 0 Å². The van der Waals surface area contributed by atoms with Crippen LogP contribution in [-0.4, -0.2) is 22.1 Å². The van der Waals surface area contributed by atoms with Gasteiger partial charge in [0.1, 0.15) is 6.33 Å². The summed E-state index contributed by atoms with van der Waals surface area (Å²) in [5, 5.41) is 3.11. The first-order valence-electron chi connectivity index (χ1n) is 5.08. The van der Waals surface area contributed by atoms with Crippen LogP contribution in [0, 0.1) is 0 Å². The SMILES string of the molecule is COc1ccc(CNc2ncncc2N)cn1.